The molecule has 15 heavy (non-hydrogen) atoms. The van der Waals surface area contributed by atoms with Gasteiger partial charge in [-0.3, -0.25) is 4.68 Å². The Balaban J connectivity index is 3.11. The minimum absolute atomic E-state index is 0.0958. The highest BCUT2D eigenvalue weighted by molar-refractivity contribution is 5.15. The number of nitrogens with two attached hydrogens (primary N) is 1. The summed E-state index contributed by atoms with van der Waals surface area (Å²) in [6, 6.07) is 1.21. The van der Waals surface area contributed by atoms with Crippen LogP contribution in [0.4, 0.5) is 8.78 Å². The van der Waals surface area contributed by atoms with Crippen LogP contribution in [0.2, 0.25) is 0 Å². The maximum absolute atomic E-state index is 12.5. The Kier molecular flexibility index (Phi) is 3.79. The monoisotopic (exact) mass is 217 g/mol. The van der Waals surface area contributed by atoms with Crippen LogP contribution in [0.3, 0.4) is 0 Å². The van der Waals surface area contributed by atoms with E-state index in [1.807, 2.05) is 13.8 Å². The molecular weight excluding hydrogens is 200 g/mol. The Labute approximate surface area is 88.3 Å². The number of alkyl halides is 2. The molecule has 5 heteroatoms. The van der Waals surface area contributed by atoms with E-state index >= 15 is 0 Å². The molecule has 0 bridgehead atoms. The summed E-state index contributed by atoms with van der Waals surface area (Å²) in [5.41, 5.74) is 6.19. The third-order valence-corrected chi connectivity index (χ3v) is 2.48. The first-order valence-corrected chi connectivity index (χ1v) is 5.10. The Morgan fingerprint density at radius 3 is 2.47 bits per heavy atom. The van der Waals surface area contributed by atoms with E-state index in [2.05, 4.69) is 5.10 Å². The lowest BCUT2D eigenvalue weighted by Gasteiger charge is -2.15. The highest BCUT2D eigenvalue weighted by atomic mass is 19.3. The third kappa shape index (κ3) is 2.53. The molecule has 1 rings (SSSR count). The Morgan fingerprint density at radius 1 is 1.47 bits per heavy atom. The van der Waals surface area contributed by atoms with Gasteiger partial charge in [0.25, 0.3) is 6.43 Å². The van der Waals surface area contributed by atoms with Gasteiger partial charge in [0.15, 0.2) is 0 Å². The second kappa shape index (κ2) is 4.70. The van der Waals surface area contributed by atoms with Crippen molar-refractivity contribution in [2.45, 2.75) is 45.7 Å². The average Bonchev–Trinajstić information content (AvgIpc) is 2.61. The first-order valence-electron chi connectivity index (χ1n) is 5.10. The maximum atomic E-state index is 12.5. The summed E-state index contributed by atoms with van der Waals surface area (Å²) >= 11 is 0. The molecule has 0 saturated heterocycles. The molecule has 86 valence electrons. The van der Waals surface area contributed by atoms with E-state index in [0.29, 0.717) is 5.69 Å². The minimum atomic E-state index is -2.53. The first-order chi connectivity index (χ1) is 6.97. The van der Waals surface area contributed by atoms with Gasteiger partial charge in [0.1, 0.15) is 5.69 Å². The summed E-state index contributed by atoms with van der Waals surface area (Å²) in [5.74, 6) is 0. The molecule has 0 amide bonds. The van der Waals surface area contributed by atoms with Crippen molar-refractivity contribution in [1.29, 1.82) is 0 Å². The second-order valence-corrected chi connectivity index (χ2v) is 3.79. The Morgan fingerprint density at radius 2 is 2.07 bits per heavy atom. The summed E-state index contributed by atoms with van der Waals surface area (Å²) in [4.78, 5) is 0. The SMILES string of the molecule is CCC(C)n1nc(C(F)F)cc1[C@H](C)N. The van der Waals surface area contributed by atoms with Gasteiger partial charge in [0.2, 0.25) is 0 Å². The molecule has 1 aromatic rings. The fraction of sp³-hybridized carbons (Fsp3) is 0.700. The van der Waals surface area contributed by atoms with Crippen molar-refractivity contribution < 1.29 is 8.78 Å². The van der Waals surface area contributed by atoms with Crippen LogP contribution in [0.15, 0.2) is 6.07 Å². The van der Waals surface area contributed by atoms with E-state index in [1.165, 1.54) is 6.07 Å². The van der Waals surface area contributed by atoms with Crippen LogP contribution in [0.5, 0.6) is 0 Å². The van der Waals surface area contributed by atoms with Gasteiger partial charge in [-0.2, -0.15) is 5.10 Å². The van der Waals surface area contributed by atoms with E-state index < -0.39 is 6.43 Å². The van der Waals surface area contributed by atoms with Crippen LogP contribution >= 0.6 is 0 Å². The van der Waals surface area contributed by atoms with Gasteiger partial charge in [0, 0.05) is 12.1 Å². The summed E-state index contributed by atoms with van der Waals surface area (Å²) in [6.07, 6.45) is -1.70. The van der Waals surface area contributed by atoms with Crippen molar-refractivity contribution in [3.8, 4) is 0 Å². The molecule has 0 aliphatic carbocycles. The van der Waals surface area contributed by atoms with Gasteiger partial charge in [-0.05, 0) is 26.3 Å². The summed E-state index contributed by atoms with van der Waals surface area (Å²) in [7, 11) is 0. The highest BCUT2D eigenvalue weighted by Gasteiger charge is 2.19. The second-order valence-electron chi connectivity index (χ2n) is 3.79. The highest BCUT2D eigenvalue weighted by Crippen LogP contribution is 2.24. The zero-order valence-electron chi connectivity index (χ0n) is 9.24. The van der Waals surface area contributed by atoms with Crippen LogP contribution in [0.1, 0.15) is 57.1 Å². The van der Waals surface area contributed by atoms with E-state index in [9.17, 15) is 8.78 Å². The van der Waals surface area contributed by atoms with E-state index in [4.69, 9.17) is 5.73 Å². The van der Waals surface area contributed by atoms with Crippen molar-refractivity contribution in [3.63, 3.8) is 0 Å². The number of halogens is 2. The molecule has 0 aromatic carbocycles. The molecule has 1 unspecified atom stereocenters. The number of aromatic nitrogens is 2. The lowest BCUT2D eigenvalue weighted by molar-refractivity contribution is 0.144. The van der Waals surface area contributed by atoms with Crippen LogP contribution in [0.25, 0.3) is 0 Å². The summed E-state index contributed by atoms with van der Waals surface area (Å²) < 4.78 is 26.6. The van der Waals surface area contributed by atoms with Gasteiger partial charge < -0.3 is 5.73 Å². The van der Waals surface area contributed by atoms with Gasteiger partial charge in [-0.1, -0.05) is 6.92 Å². The van der Waals surface area contributed by atoms with Crippen LogP contribution in [0, 0.1) is 0 Å². The lowest BCUT2D eigenvalue weighted by Crippen LogP contribution is -2.16. The van der Waals surface area contributed by atoms with Gasteiger partial charge >= 0.3 is 0 Å². The number of hydrogen-bond donors (Lipinski definition) is 1. The molecule has 3 nitrogen and oxygen atoms in total. The molecule has 0 fully saturated rings. The molecule has 1 heterocycles. The van der Waals surface area contributed by atoms with Gasteiger partial charge in [-0.15, -0.1) is 0 Å². The van der Waals surface area contributed by atoms with Crippen molar-refractivity contribution in [2.24, 2.45) is 5.73 Å². The van der Waals surface area contributed by atoms with Crippen molar-refractivity contribution in [3.05, 3.63) is 17.5 Å². The molecule has 0 spiro atoms. The molecular formula is C10H17F2N3. The summed E-state index contributed by atoms with van der Waals surface area (Å²) in [6.45, 7) is 5.69. The predicted octanol–water partition coefficient (Wildman–Crippen LogP) is 2.81. The normalized spacial score (nSPS) is 15.7. The van der Waals surface area contributed by atoms with E-state index in [0.717, 1.165) is 6.42 Å². The summed E-state index contributed by atoms with van der Waals surface area (Å²) in [5, 5.41) is 3.89. The standard InChI is InChI=1S/C10H17F2N3/c1-4-6(2)15-9(7(3)13)5-8(14-15)10(11)12/h5-7,10H,4,13H2,1-3H3/t6?,7-/m0/s1. The van der Waals surface area contributed by atoms with E-state index in [1.54, 1.807) is 11.6 Å². The molecule has 0 aliphatic heterocycles. The van der Waals surface area contributed by atoms with Crippen molar-refractivity contribution >= 4 is 0 Å². The van der Waals surface area contributed by atoms with Crippen molar-refractivity contribution in [1.82, 2.24) is 9.78 Å². The topological polar surface area (TPSA) is 43.8 Å². The molecule has 0 aliphatic rings. The molecule has 0 saturated carbocycles. The smallest absolute Gasteiger partial charge is 0.282 e. The molecule has 2 atom stereocenters. The first kappa shape index (κ1) is 12.1. The third-order valence-electron chi connectivity index (χ3n) is 2.48. The largest absolute Gasteiger partial charge is 0.323 e. The van der Waals surface area contributed by atoms with Crippen LogP contribution in [-0.4, -0.2) is 9.78 Å². The molecule has 0 radical (unpaired) electrons. The minimum Gasteiger partial charge on any atom is -0.323 e. The number of nitrogens with zero attached hydrogens (tertiary/aromatic N) is 2. The lowest BCUT2D eigenvalue weighted by atomic mass is 10.2. The van der Waals surface area contributed by atoms with Gasteiger partial charge in [-0.25, -0.2) is 8.78 Å². The fourth-order valence-corrected chi connectivity index (χ4v) is 1.40. The predicted molar refractivity (Wildman–Crippen MR) is 54.8 cm³/mol. The zero-order valence-corrected chi connectivity index (χ0v) is 9.24. The Hall–Kier alpha value is -0.970. The molecule has 2 N–H and O–H groups in total. The van der Waals surface area contributed by atoms with Crippen LogP contribution in [-0.2, 0) is 0 Å². The maximum Gasteiger partial charge on any atom is 0.282 e. The fourth-order valence-electron chi connectivity index (χ4n) is 1.40. The quantitative estimate of drug-likeness (QED) is 0.842. The number of hydrogen-bond acceptors (Lipinski definition) is 2. The van der Waals surface area contributed by atoms with Crippen LogP contribution < -0.4 is 5.73 Å². The molecule has 1 aromatic heterocycles. The average molecular weight is 217 g/mol. The number of rotatable bonds is 4. The Bertz CT molecular complexity index is 320. The van der Waals surface area contributed by atoms with Gasteiger partial charge in [0.05, 0.1) is 5.69 Å². The zero-order chi connectivity index (χ0) is 11.6. The van der Waals surface area contributed by atoms with Crippen molar-refractivity contribution in [2.75, 3.05) is 0 Å². The van der Waals surface area contributed by atoms with E-state index in [-0.39, 0.29) is 17.8 Å².